The van der Waals surface area contributed by atoms with Crippen LogP contribution >= 0.6 is 0 Å². The van der Waals surface area contributed by atoms with Crippen molar-refractivity contribution < 1.29 is 21.6 Å². The van der Waals surface area contributed by atoms with Gasteiger partial charge in [0.2, 0.25) is 10.0 Å². The first-order valence-electron chi connectivity index (χ1n) is 11.7. The summed E-state index contributed by atoms with van der Waals surface area (Å²) < 4.78 is 63.3. The number of para-hydroxylation sites is 1. The minimum atomic E-state index is -3.70. The van der Waals surface area contributed by atoms with E-state index in [0.717, 1.165) is 29.8 Å². The van der Waals surface area contributed by atoms with E-state index >= 15 is 0 Å². The number of nitrogens with zero attached hydrogens (tertiary/aromatic N) is 2. The Morgan fingerprint density at radius 1 is 1.03 bits per heavy atom. The highest BCUT2D eigenvalue weighted by Crippen LogP contribution is 2.33. The summed E-state index contributed by atoms with van der Waals surface area (Å²) in [7, 11) is -2.00. The molecule has 1 aliphatic heterocycles. The van der Waals surface area contributed by atoms with Crippen molar-refractivity contribution in [2.75, 3.05) is 52.3 Å². The van der Waals surface area contributed by atoms with Crippen molar-refractivity contribution in [2.24, 2.45) is 5.92 Å². The average Bonchev–Trinajstić information content (AvgIpc) is 2.86. The number of piperidine rings is 1. The zero-order chi connectivity index (χ0) is 25.6. The van der Waals surface area contributed by atoms with Crippen LogP contribution in [0, 0.1) is 5.92 Å². The topological polar surface area (TPSA) is 108 Å². The third-order valence-electron chi connectivity index (χ3n) is 6.20. The summed E-state index contributed by atoms with van der Waals surface area (Å²) in [6, 6.07) is 14.3. The van der Waals surface area contributed by atoms with Crippen molar-refractivity contribution >= 4 is 25.9 Å². The van der Waals surface area contributed by atoms with Crippen LogP contribution in [0.3, 0.4) is 0 Å². The lowest BCUT2D eigenvalue weighted by molar-refractivity contribution is 0.304. The maximum absolute atomic E-state index is 13.0. The van der Waals surface area contributed by atoms with E-state index in [0.29, 0.717) is 13.1 Å². The van der Waals surface area contributed by atoms with Gasteiger partial charge in [0.25, 0.3) is 10.2 Å². The first kappa shape index (κ1) is 27.4. The molecule has 1 heterocycles. The van der Waals surface area contributed by atoms with Gasteiger partial charge < -0.3 is 9.64 Å². The Balaban J connectivity index is 1.54. The van der Waals surface area contributed by atoms with Crippen LogP contribution in [0.5, 0.6) is 5.75 Å². The number of methoxy groups -OCH3 is 1. The summed E-state index contributed by atoms with van der Waals surface area (Å²) in [4.78, 5) is 2.06. The van der Waals surface area contributed by atoms with Crippen molar-refractivity contribution in [1.29, 1.82) is 0 Å². The summed E-state index contributed by atoms with van der Waals surface area (Å²) in [6.07, 6.45) is 1.64. The van der Waals surface area contributed by atoms with Gasteiger partial charge in [-0.15, -0.1) is 0 Å². The molecular weight excluding hydrogens is 488 g/mol. The molecule has 1 aliphatic rings. The highest BCUT2D eigenvalue weighted by Gasteiger charge is 2.31. The number of ether oxygens (including phenoxy) is 1. The molecule has 0 bridgehead atoms. The molecule has 0 amide bonds. The molecule has 2 N–H and O–H groups in total. The van der Waals surface area contributed by atoms with Gasteiger partial charge >= 0.3 is 0 Å². The van der Waals surface area contributed by atoms with Crippen LogP contribution in [0.25, 0.3) is 0 Å². The Bertz CT molecular complexity index is 1180. The number of nitrogens with one attached hydrogen (secondary N) is 2. The first-order valence-corrected chi connectivity index (χ1v) is 14.6. The molecule has 0 radical (unpaired) electrons. The zero-order valence-electron chi connectivity index (χ0n) is 20.8. The van der Waals surface area contributed by atoms with Gasteiger partial charge in [-0.25, -0.2) is 17.9 Å². The number of hydrogen-bond donors (Lipinski definition) is 2. The third-order valence-corrected chi connectivity index (χ3v) is 9.18. The normalized spacial score (nSPS) is 18.2. The lowest BCUT2D eigenvalue weighted by Crippen LogP contribution is -2.47. The Labute approximate surface area is 209 Å². The van der Waals surface area contributed by atoms with E-state index in [1.807, 2.05) is 43.3 Å². The molecule has 194 valence electrons. The second kappa shape index (κ2) is 11.7. The number of benzene rings is 2. The zero-order valence-corrected chi connectivity index (χ0v) is 22.4. The SMILES string of the molecule is COc1ccccc1[C@@H]1CCCN(S(=O)(=O)NC[C@@H](C)CNS(=O)(=O)c2ccc(N(C)C)cc2)C1. The fourth-order valence-electron chi connectivity index (χ4n) is 4.09. The predicted molar refractivity (Wildman–Crippen MR) is 139 cm³/mol. The second-order valence-corrected chi connectivity index (χ2v) is 12.7. The first-order chi connectivity index (χ1) is 16.5. The van der Waals surface area contributed by atoms with Crippen molar-refractivity contribution in [1.82, 2.24) is 13.7 Å². The molecule has 0 spiro atoms. The molecule has 2 aromatic rings. The van der Waals surface area contributed by atoms with Gasteiger partial charge in [-0.05, 0) is 54.7 Å². The summed E-state index contributed by atoms with van der Waals surface area (Å²) in [6.45, 7) is 2.86. The molecule has 0 unspecified atom stereocenters. The van der Waals surface area contributed by atoms with Crippen LogP contribution in [-0.2, 0) is 20.2 Å². The van der Waals surface area contributed by atoms with Gasteiger partial charge in [0.05, 0.1) is 12.0 Å². The van der Waals surface area contributed by atoms with Gasteiger partial charge in [0.1, 0.15) is 5.75 Å². The van der Waals surface area contributed by atoms with E-state index < -0.39 is 20.2 Å². The fourth-order valence-corrected chi connectivity index (χ4v) is 6.68. The van der Waals surface area contributed by atoms with Crippen LogP contribution in [0.15, 0.2) is 53.4 Å². The van der Waals surface area contributed by atoms with Crippen LogP contribution in [-0.4, -0.2) is 68.5 Å². The Morgan fingerprint density at radius 3 is 2.34 bits per heavy atom. The van der Waals surface area contributed by atoms with E-state index in [2.05, 4.69) is 9.44 Å². The number of rotatable bonds is 11. The summed E-state index contributed by atoms with van der Waals surface area (Å²) in [5.41, 5.74) is 1.91. The molecule has 11 heteroatoms. The van der Waals surface area contributed by atoms with Crippen LogP contribution in [0.1, 0.15) is 31.2 Å². The molecule has 9 nitrogen and oxygen atoms in total. The van der Waals surface area contributed by atoms with Crippen molar-refractivity contribution in [3.05, 3.63) is 54.1 Å². The Hall–Kier alpha value is -2.18. The van der Waals surface area contributed by atoms with Gasteiger partial charge in [-0.1, -0.05) is 25.1 Å². The van der Waals surface area contributed by atoms with Gasteiger partial charge in [-0.2, -0.15) is 12.7 Å². The monoisotopic (exact) mass is 524 g/mol. The quantitative estimate of drug-likeness (QED) is 0.467. The van der Waals surface area contributed by atoms with E-state index in [9.17, 15) is 16.8 Å². The largest absolute Gasteiger partial charge is 0.496 e. The van der Waals surface area contributed by atoms with Gasteiger partial charge in [0.15, 0.2) is 0 Å². The van der Waals surface area contributed by atoms with Gasteiger partial charge in [-0.3, -0.25) is 0 Å². The molecule has 2 aromatic carbocycles. The number of anilines is 1. The molecule has 35 heavy (non-hydrogen) atoms. The Kier molecular flexibility index (Phi) is 9.16. The standard InChI is InChI=1S/C24H36N4O5S2/c1-19(16-25-34(29,30)22-13-11-21(12-14-22)27(2)3)17-26-35(31,32)28-15-7-8-20(18-28)23-9-5-6-10-24(23)33-4/h5-6,9-14,19-20,25-26H,7-8,15-18H2,1-4H3/t19-,20+/m0/s1. The summed E-state index contributed by atoms with van der Waals surface area (Å²) in [5.74, 6) is 0.581. The van der Waals surface area contributed by atoms with Crippen molar-refractivity contribution in [3.8, 4) is 5.75 Å². The molecular formula is C24H36N4O5S2. The molecule has 0 aromatic heterocycles. The highest BCUT2D eigenvalue weighted by atomic mass is 32.2. The lowest BCUT2D eigenvalue weighted by atomic mass is 9.91. The molecule has 3 rings (SSSR count). The minimum absolute atomic E-state index is 0.0552. The maximum Gasteiger partial charge on any atom is 0.279 e. The van der Waals surface area contributed by atoms with Crippen molar-refractivity contribution in [2.45, 2.75) is 30.6 Å². The van der Waals surface area contributed by atoms with E-state index in [1.165, 1.54) is 4.31 Å². The molecule has 0 saturated carbocycles. The van der Waals surface area contributed by atoms with Crippen LogP contribution in [0.2, 0.25) is 0 Å². The summed E-state index contributed by atoms with van der Waals surface area (Å²) >= 11 is 0. The van der Waals surface area contributed by atoms with Crippen LogP contribution < -0.4 is 19.1 Å². The molecule has 0 aliphatic carbocycles. The lowest BCUT2D eigenvalue weighted by Gasteiger charge is -2.33. The minimum Gasteiger partial charge on any atom is -0.496 e. The van der Waals surface area contributed by atoms with Crippen molar-refractivity contribution in [3.63, 3.8) is 0 Å². The smallest absolute Gasteiger partial charge is 0.279 e. The molecule has 1 fully saturated rings. The highest BCUT2D eigenvalue weighted by molar-refractivity contribution is 7.89. The van der Waals surface area contributed by atoms with Crippen LogP contribution in [0.4, 0.5) is 5.69 Å². The fraction of sp³-hybridized carbons (Fsp3) is 0.500. The Morgan fingerprint density at radius 2 is 1.69 bits per heavy atom. The predicted octanol–water partition coefficient (Wildman–Crippen LogP) is 2.39. The third kappa shape index (κ3) is 7.17. The number of sulfonamides is 1. The van der Waals surface area contributed by atoms with E-state index in [4.69, 9.17) is 4.74 Å². The average molecular weight is 525 g/mol. The second-order valence-electron chi connectivity index (χ2n) is 9.14. The van der Waals surface area contributed by atoms with Gasteiger partial charge in [0, 0.05) is 51.9 Å². The van der Waals surface area contributed by atoms with E-state index in [-0.39, 0.29) is 29.8 Å². The molecule has 1 saturated heterocycles. The maximum atomic E-state index is 13.0. The van der Waals surface area contributed by atoms with E-state index in [1.54, 1.807) is 38.3 Å². The summed E-state index contributed by atoms with van der Waals surface area (Å²) in [5, 5.41) is 0. The molecule has 2 atom stereocenters. The number of hydrogen-bond acceptors (Lipinski definition) is 6.